The average Bonchev–Trinajstić information content (AvgIpc) is 2.66. The van der Waals surface area contributed by atoms with Crippen molar-refractivity contribution in [3.8, 4) is 0 Å². The van der Waals surface area contributed by atoms with E-state index in [2.05, 4.69) is 10.1 Å². The van der Waals surface area contributed by atoms with E-state index in [1.54, 1.807) is 37.3 Å². The molecule has 0 fully saturated rings. The molecule has 1 aliphatic carbocycles. The van der Waals surface area contributed by atoms with Crippen LogP contribution in [0.4, 0.5) is 10.5 Å². The molecule has 0 aliphatic heterocycles. The maximum Gasteiger partial charge on any atom is 0.412 e. The maximum atomic E-state index is 12.3. The number of carbonyl (C=O) groups is 2. The second-order valence-corrected chi connectivity index (χ2v) is 7.06. The monoisotopic (exact) mass is 401 g/mol. The number of rotatable bonds is 3. The van der Waals surface area contributed by atoms with Gasteiger partial charge in [-0.15, -0.1) is 0 Å². The average molecular weight is 401 g/mol. The van der Waals surface area contributed by atoms with E-state index in [-0.39, 0.29) is 19.3 Å². The third kappa shape index (κ3) is 4.83. The van der Waals surface area contributed by atoms with Gasteiger partial charge in [0.1, 0.15) is 11.7 Å². The molecule has 1 amide bonds. The Morgan fingerprint density at radius 1 is 1.28 bits per heavy atom. The molecule has 29 heavy (non-hydrogen) atoms. The molecule has 1 heterocycles. The summed E-state index contributed by atoms with van der Waals surface area (Å²) in [6, 6.07) is 6.38. The fraction of sp³-hybridized carbons (Fsp3) is 0.381. The number of carbonyl (C=O) groups excluding carboxylic acids is 2. The van der Waals surface area contributed by atoms with E-state index in [0.29, 0.717) is 17.7 Å². The SMILES string of the molecule is COC(=O)[C@]1(O)CC/C=C\[C@H](OC(=O)Nc2ccc3c(C)cc(=O)oc3c2)CC1. The first-order chi connectivity index (χ1) is 13.8. The zero-order valence-electron chi connectivity index (χ0n) is 16.3. The Morgan fingerprint density at radius 2 is 2.07 bits per heavy atom. The van der Waals surface area contributed by atoms with Crippen LogP contribution in [0.25, 0.3) is 11.0 Å². The van der Waals surface area contributed by atoms with Crippen molar-refractivity contribution in [1.29, 1.82) is 0 Å². The van der Waals surface area contributed by atoms with Gasteiger partial charge in [0.2, 0.25) is 0 Å². The first-order valence-corrected chi connectivity index (χ1v) is 9.30. The smallest absolute Gasteiger partial charge is 0.412 e. The minimum atomic E-state index is -1.59. The van der Waals surface area contributed by atoms with Crippen LogP contribution in [0.15, 0.2) is 45.6 Å². The van der Waals surface area contributed by atoms with Gasteiger partial charge in [-0.3, -0.25) is 5.32 Å². The first kappa shape index (κ1) is 20.6. The number of ether oxygens (including phenoxy) is 2. The fourth-order valence-corrected chi connectivity index (χ4v) is 3.35. The number of fused-ring (bicyclic) bond motifs is 1. The van der Waals surface area contributed by atoms with Crippen LogP contribution >= 0.6 is 0 Å². The highest BCUT2D eigenvalue weighted by atomic mass is 16.6. The highest BCUT2D eigenvalue weighted by molar-refractivity contribution is 5.90. The Bertz CT molecular complexity index is 1010. The molecular weight excluding hydrogens is 378 g/mol. The van der Waals surface area contributed by atoms with Crippen LogP contribution in [0.3, 0.4) is 0 Å². The molecule has 0 radical (unpaired) electrons. The van der Waals surface area contributed by atoms with Gasteiger partial charge >= 0.3 is 17.7 Å². The van der Waals surface area contributed by atoms with E-state index in [0.717, 1.165) is 10.9 Å². The summed E-state index contributed by atoms with van der Waals surface area (Å²) >= 11 is 0. The van der Waals surface area contributed by atoms with Crippen LogP contribution < -0.4 is 10.9 Å². The summed E-state index contributed by atoms with van der Waals surface area (Å²) in [7, 11) is 1.23. The second-order valence-electron chi connectivity index (χ2n) is 7.06. The summed E-state index contributed by atoms with van der Waals surface area (Å²) in [6.45, 7) is 1.80. The van der Waals surface area contributed by atoms with E-state index in [9.17, 15) is 19.5 Å². The third-order valence-electron chi connectivity index (χ3n) is 4.94. The summed E-state index contributed by atoms with van der Waals surface area (Å²) in [5, 5.41) is 13.8. The van der Waals surface area contributed by atoms with Gasteiger partial charge in [-0.25, -0.2) is 14.4 Å². The van der Waals surface area contributed by atoms with Crippen LogP contribution in [-0.4, -0.2) is 36.0 Å². The van der Waals surface area contributed by atoms with Crippen molar-refractivity contribution in [2.24, 2.45) is 0 Å². The largest absolute Gasteiger partial charge is 0.467 e. The van der Waals surface area contributed by atoms with Crippen LogP contribution in [0.2, 0.25) is 0 Å². The van der Waals surface area contributed by atoms with Crippen molar-refractivity contribution >= 4 is 28.7 Å². The van der Waals surface area contributed by atoms with Gasteiger partial charge in [-0.2, -0.15) is 0 Å². The van der Waals surface area contributed by atoms with E-state index in [1.165, 1.54) is 13.2 Å². The molecule has 8 nitrogen and oxygen atoms in total. The Hall–Kier alpha value is -3.13. The van der Waals surface area contributed by atoms with E-state index < -0.39 is 29.4 Å². The van der Waals surface area contributed by atoms with Crippen LogP contribution in [0.5, 0.6) is 0 Å². The van der Waals surface area contributed by atoms with Gasteiger partial charge in [-0.1, -0.05) is 6.08 Å². The van der Waals surface area contributed by atoms with Crippen LogP contribution in [0.1, 0.15) is 31.2 Å². The van der Waals surface area contributed by atoms with Gasteiger partial charge in [-0.05, 0) is 56.4 Å². The lowest BCUT2D eigenvalue weighted by molar-refractivity contribution is -0.164. The standard InChI is InChI=1S/C21H23NO7/c1-13-11-18(23)29-17-12-14(6-7-16(13)17)22-20(25)28-15-5-3-4-9-21(26,10-8-15)19(24)27-2/h3,5-7,11-12,15,26H,4,8-10H2,1-2H3,(H,22,25)/b5-3-/t15-,21-/m0/s1. The summed E-state index contributed by atoms with van der Waals surface area (Å²) in [5.41, 5.74) is -0.500. The predicted octanol–water partition coefficient (Wildman–Crippen LogP) is 3.05. The molecule has 0 saturated heterocycles. The molecule has 2 atom stereocenters. The van der Waals surface area contributed by atoms with Crippen molar-refractivity contribution in [3.63, 3.8) is 0 Å². The van der Waals surface area contributed by atoms with Gasteiger partial charge in [0.25, 0.3) is 0 Å². The molecule has 0 saturated carbocycles. The zero-order chi connectivity index (χ0) is 21.0. The summed E-state index contributed by atoms with van der Waals surface area (Å²) in [6.07, 6.45) is 3.28. The van der Waals surface area contributed by atoms with Crippen molar-refractivity contribution in [3.05, 3.63) is 52.4 Å². The lowest BCUT2D eigenvalue weighted by Gasteiger charge is -2.28. The first-order valence-electron chi connectivity index (χ1n) is 9.30. The molecule has 3 rings (SSSR count). The van der Waals surface area contributed by atoms with Gasteiger partial charge < -0.3 is 19.0 Å². The Labute approximate surface area is 167 Å². The van der Waals surface area contributed by atoms with Gasteiger partial charge in [0.15, 0.2) is 5.60 Å². The molecule has 0 bridgehead atoms. The predicted molar refractivity (Wildman–Crippen MR) is 106 cm³/mol. The number of aryl methyl sites for hydroxylation is 1. The molecular formula is C21H23NO7. The highest BCUT2D eigenvalue weighted by Crippen LogP contribution is 2.26. The van der Waals surface area contributed by atoms with Crippen molar-refractivity contribution in [2.45, 2.75) is 44.3 Å². The van der Waals surface area contributed by atoms with E-state index in [4.69, 9.17) is 9.15 Å². The number of nitrogens with one attached hydrogen (secondary N) is 1. The van der Waals surface area contributed by atoms with E-state index in [1.807, 2.05) is 0 Å². The summed E-state index contributed by atoms with van der Waals surface area (Å²) in [4.78, 5) is 35.7. The molecule has 154 valence electrons. The molecule has 1 aromatic carbocycles. The summed E-state index contributed by atoms with van der Waals surface area (Å²) < 4.78 is 15.2. The quantitative estimate of drug-likeness (QED) is 0.461. The van der Waals surface area contributed by atoms with Gasteiger partial charge in [0, 0.05) is 23.2 Å². The zero-order valence-corrected chi connectivity index (χ0v) is 16.3. The normalized spacial score (nSPS) is 22.9. The van der Waals surface area contributed by atoms with Crippen molar-refractivity contribution in [1.82, 2.24) is 0 Å². The summed E-state index contributed by atoms with van der Waals surface area (Å²) in [5.74, 6) is -0.691. The number of hydrogen-bond acceptors (Lipinski definition) is 7. The van der Waals surface area contributed by atoms with Crippen molar-refractivity contribution in [2.75, 3.05) is 12.4 Å². The number of hydrogen-bond donors (Lipinski definition) is 2. The number of esters is 1. The third-order valence-corrected chi connectivity index (χ3v) is 4.94. The number of allylic oxidation sites excluding steroid dienone is 1. The number of anilines is 1. The minimum Gasteiger partial charge on any atom is -0.467 e. The van der Waals surface area contributed by atoms with Gasteiger partial charge in [0.05, 0.1) is 7.11 Å². The molecule has 0 unspecified atom stereocenters. The number of methoxy groups -OCH3 is 1. The molecule has 2 N–H and O–H groups in total. The van der Waals surface area contributed by atoms with E-state index >= 15 is 0 Å². The van der Waals surface area contributed by atoms with Crippen LogP contribution in [-0.2, 0) is 14.3 Å². The molecule has 8 heteroatoms. The maximum absolute atomic E-state index is 12.3. The Morgan fingerprint density at radius 3 is 2.83 bits per heavy atom. The highest BCUT2D eigenvalue weighted by Gasteiger charge is 2.37. The van der Waals surface area contributed by atoms with Crippen molar-refractivity contribution < 1.29 is 28.6 Å². The minimum absolute atomic E-state index is 0.113. The molecule has 1 aliphatic rings. The number of amides is 1. The lowest BCUT2D eigenvalue weighted by atomic mass is 9.88. The topological polar surface area (TPSA) is 115 Å². The lowest BCUT2D eigenvalue weighted by Crippen LogP contribution is -2.41. The second kappa shape index (κ2) is 8.48. The molecule has 1 aromatic heterocycles. The Balaban J connectivity index is 1.67. The van der Waals surface area contributed by atoms with Crippen LogP contribution in [0, 0.1) is 6.92 Å². The fourth-order valence-electron chi connectivity index (χ4n) is 3.35. The number of aliphatic hydroxyl groups is 1. The molecule has 2 aromatic rings. The number of benzene rings is 1. The Kier molecular flexibility index (Phi) is 6.03. The molecule has 0 spiro atoms.